The molecule has 0 fully saturated rings. The molecule has 2 aromatic rings. The van der Waals surface area contributed by atoms with Crippen LogP contribution in [-0.2, 0) is 13.5 Å². The Kier molecular flexibility index (Phi) is 4.59. The summed E-state index contributed by atoms with van der Waals surface area (Å²) in [4.78, 5) is 11.7. The third-order valence-electron chi connectivity index (χ3n) is 2.98. The highest BCUT2D eigenvalue weighted by molar-refractivity contribution is 9.10. The van der Waals surface area contributed by atoms with Crippen molar-refractivity contribution in [3.8, 4) is 6.07 Å². The maximum Gasteiger partial charge on any atom is 0.282 e. The molecule has 2 aromatic heterocycles. The van der Waals surface area contributed by atoms with Gasteiger partial charge in [0.15, 0.2) is 5.82 Å². The Morgan fingerprint density at radius 3 is 3.10 bits per heavy atom. The second-order valence-electron chi connectivity index (χ2n) is 4.41. The fraction of sp³-hybridized carbons (Fsp3) is 0.333. The summed E-state index contributed by atoms with van der Waals surface area (Å²) in [5, 5.41) is 22.6. The SMILES string of the molecule is Cn1ncc(NCCCc2[nH]nc(N)c2C#N)c(Br)c1=O. The Hall–Kier alpha value is -2.34. The van der Waals surface area contributed by atoms with Crippen molar-refractivity contribution in [1.82, 2.24) is 20.0 Å². The molecule has 0 saturated heterocycles. The fourth-order valence-corrected chi connectivity index (χ4v) is 2.32. The molecule has 0 aliphatic carbocycles. The Bertz CT molecular complexity index is 743. The van der Waals surface area contributed by atoms with Gasteiger partial charge in [-0.25, -0.2) is 4.68 Å². The van der Waals surface area contributed by atoms with Crippen molar-refractivity contribution in [2.75, 3.05) is 17.6 Å². The number of anilines is 2. The van der Waals surface area contributed by atoms with E-state index in [1.54, 1.807) is 13.2 Å². The topological polar surface area (TPSA) is 125 Å². The zero-order valence-corrected chi connectivity index (χ0v) is 12.9. The van der Waals surface area contributed by atoms with Crippen molar-refractivity contribution in [3.05, 3.63) is 32.3 Å². The molecule has 0 bridgehead atoms. The summed E-state index contributed by atoms with van der Waals surface area (Å²) in [6, 6.07) is 2.02. The third kappa shape index (κ3) is 3.22. The van der Waals surface area contributed by atoms with Crippen LogP contribution in [0.15, 0.2) is 15.5 Å². The number of aryl methyl sites for hydroxylation is 2. The quantitative estimate of drug-likeness (QED) is 0.683. The number of hydrogen-bond donors (Lipinski definition) is 3. The second kappa shape index (κ2) is 6.41. The van der Waals surface area contributed by atoms with Crippen molar-refractivity contribution in [1.29, 1.82) is 5.26 Å². The summed E-state index contributed by atoms with van der Waals surface area (Å²) in [6.45, 7) is 0.622. The number of nitrogens with one attached hydrogen (secondary N) is 2. The van der Waals surface area contributed by atoms with Crippen LogP contribution in [0.1, 0.15) is 17.7 Å². The van der Waals surface area contributed by atoms with E-state index in [4.69, 9.17) is 11.0 Å². The minimum atomic E-state index is -0.201. The highest BCUT2D eigenvalue weighted by atomic mass is 79.9. The van der Waals surface area contributed by atoms with Crippen LogP contribution in [0, 0.1) is 11.3 Å². The third-order valence-corrected chi connectivity index (χ3v) is 3.74. The molecule has 0 amide bonds. The van der Waals surface area contributed by atoms with E-state index in [1.165, 1.54) is 4.68 Å². The van der Waals surface area contributed by atoms with E-state index < -0.39 is 0 Å². The normalized spacial score (nSPS) is 10.3. The zero-order valence-electron chi connectivity index (χ0n) is 11.4. The number of H-pyrrole nitrogens is 1. The van der Waals surface area contributed by atoms with Gasteiger partial charge in [0, 0.05) is 13.6 Å². The lowest BCUT2D eigenvalue weighted by molar-refractivity contribution is 0.702. The lowest BCUT2D eigenvalue weighted by Crippen LogP contribution is -2.21. The first-order valence-electron chi connectivity index (χ1n) is 6.23. The number of nitriles is 1. The number of aromatic amines is 1. The van der Waals surface area contributed by atoms with Gasteiger partial charge >= 0.3 is 0 Å². The fourth-order valence-electron chi connectivity index (χ4n) is 1.82. The van der Waals surface area contributed by atoms with Crippen LogP contribution in [0.4, 0.5) is 11.5 Å². The summed E-state index contributed by atoms with van der Waals surface area (Å²) in [7, 11) is 1.59. The smallest absolute Gasteiger partial charge is 0.282 e. The van der Waals surface area contributed by atoms with Crippen LogP contribution in [0.5, 0.6) is 0 Å². The van der Waals surface area contributed by atoms with Crippen LogP contribution in [-0.4, -0.2) is 26.5 Å². The lowest BCUT2D eigenvalue weighted by atomic mass is 10.1. The molecule has 21 heavy (non-hydrogen) atoms. The van der Waals surface area contributed by atoms with Gasteiger partial charge in [0.25, 0.3) is 5.56 Å². The molecule has 8 nitrogen and oxygen atoms in total. The van der Waals surface area contributed by atoms with Crippen LogP contribution >= 0.6 is 15.9 Å². The number of rotatable bonds is 5. The summed E-state index contributed by atoms with van der Waals surface area (Å²) in [5.74, 6) is 0.221. The van der Waals surface area contributed by atoms with Crippen molar-refractivity contribution >= 4 is 27.4 Å². The number of nitrogens with zero attached hydrogens (tertiary/aromatic N) is 4. The van der Waals surface area contributed by atoms with Crippen LogP contribution in [0.3, 0.4) is 0 Å². The molecule has 0 aliphatic rings. The first-order chi connectivity index (χ1) is 10.0. The molecule has 2 heterocycles. The number of nitrogens with two attached hydrogens (primary N) is 1. The number of hydrogen-bond acceptors (Lipinski definition) is 6. The van der Waals surface area contributed by atoms with E-state index in [-0.39, 0.29) is 11.4 Å². The highest BCUT2D eigenvalue weighted by Gasteiger charge is 2.10. The Labute approximate surface area is 129 Å². The molecule has 2 rings (SSSR count). The second-order valence-corrected chi connectivity index (χ2v) is 5.20. The average Bonchev–Trinajstić information content (AvgIpc) is 2.83. The van der Waals surface area contributed by atoms with Gasteiger partial charge in [-0.2, -0.15) is 15.5 Å². The van der Waals surface area contributed by atoms with E-state index in [0.29, 0.717) is 28.7 Å². The molecule has 0 atom stereocenters. The molecule has 0 aromatic carbocycles. The molecule has 0 spiro atoms. The summed E-state index contributed by atoms with van der Waals surface area (Å²) in [5.41, 5.74) is 7.12. The van der Waals surface area contributed by atoms with E-state index in [9.17, 15) is 4.79 Å². The molecule has 0 unspecified atom stereocenters. The highest BCUT2D eigenvalue weighted by Crippen LogP contribution is 2.17. The minimum absolute atomic E-state index is 0.201. The summed E-state index contributed by atoms with van der Waals surface area (Å²) in [6.07, 6.45) is 2.97. The van der Waals surface area contributed by atoms with Gasteiger partial charge in [-0.05, 0) is 28.8 Å². The molecule has 0 radical (unpaired) electrons. The molecule has 110 valence electrons. The van der Waals surface area contributed by atoms with Crippen molar-refractivity contribution in [3.63, 3.8) is 0 Å². The minimum Gasteiger partial charge on any atom is -0.383 e. The molecule has 4 N–H and O–H groups in total. The van der Waals surface area contributed by atoms with E-state index in [2.05, 4.69) is 36.5 Å². The number of halogens is 1. The standard InChI is InChI=1S/C12H14BrN7O/c1-20-12(21)10(13)9(6-17-20)16-4-2-3-8-7(5-14)11(15)19-18-8/h6,16H,2-4H2,1H3,(H3,15,18,19). The Morgan fingerprint density at radius 1 is 1.62 bits per heavy atom. The predicted molar refractivity (Wildman–Crippen MR) is 81.7 cm³/mol. The largest absolute Gasteiger partial charge is 0.383 e. The Morgan fingerprint density at radius 2 is 2.38 bits per heavy atom. The van der Waals surface area contributed by atoms with Gasteiger partial charge < -0.3 is 11.1 Å². The summed E-state index contributed by atoms with van der Waals surface area (Å²) < 4.78 is 1.70. The van der Waals surface area contributed by atoms with Crippen LogP contribution in [0.25, 0.3) is 0 Å². The molecular formula is C12H14BrN7O. The van der Waals surface area contributed by atoms with Crippen LogP contribution < -0.4 is 16.6 Å². The van der Waals surface area contributed by atoms with E-state index in [0.717, 1.165) is 12.1 Å². The van der Waals surface area contributed by atoms with Crippen LogP contribution in [0.2, 0.25) is 0 Å². The van der Waals surface area contributed by atoms with Gasteiger partial charge in [-0.15, -0.1) is 0 Å². The van der Waals surface area contributed by atoms with Crippen molar-refractivity contribution in [2.24, 2.45) is 7.05 Å². The molecule has 9 heteroatoms. The first kappa shape index (κ1) is 15.1. The summed E-state index contributed by atoms with van der Waals surface area (Å²) >= 11 is 3.24. The maximum absolute atomic E-state index is 11.7. The molecular weight excluding hydrogens is 338 g/mol. The van der Waals surface area contributed by atoms with Crippen molar-refractivity contribution in [2.45, 2.75) is 12.8 Å². The predicted octanol–water partition coefficient (Wildman–Crippen LogP) is 0.764. The van der Waals surface area contributed by atoms with Gasteiger partial charge in [0.05, 0.1) is 17.6 Å². The average molecular weight is 352 g/mol. The van der Waals surface area contributed by atoms with Gasteiger partial charge in [-0.3, -0.25) is 9.89 Å². The monoisotopic (exact) mass is 351 g/mol. The first-order valence-corrected chi connectivity index (χ1v) is 7.02. The molecule has 0 aliphatic heterocycles. The van der Waals surface area contributed by atoms with Crippen molar-refractivity contribution < 1.29 is 0 Å². The Balaban J connectivity index is 1.92. The van der Waals surface area contributed by atoms with E-state index in [1.807, 2.05) is 6.07 Å². The lowest BCUT2D eigenvalue weighted by Gasteiger charge is -2.08. The molecule has 0 saturated carbocycles. The zero-order chi connectivity index (χ0) is 15.4. The van der Waals surface area contributed by atoms with E-state index >= 15 is 0 Å². The van der Waals surface area contributed by atoms with Gasteiger partial charge in [0.1, 0.15) is 16.1 Å². The number of aromatic nitrogens is 4. The van der Waals surface area contributed by atoms with Gasteiger partial charge in [-0.1, -0.05) is 0 Å². The van der Waals surface area contributed by atoms with Gasteiger partial charge in [0.2, 0.25) is 0 Å². The maximum atomic E-state index is 11.7. The number of nitrogen functional groups attached to an aromatic ring is 1.